The van der Waals surface area contributed by atoms with Gasteiger partial charge in [0.2, 0.25) is 6.29 Å². The van der Waals surface area contributed by atoms with Gasteiger partial charge in [0.25, 0.3) is 0 Å². The Balaban J connectivity index is 2.27. The molecule has 596 valence electrons. The van der Waals surface area contributed by atoms with Crippen molar-refractivity contribution in [3.63, 3.8) is 0 Å². The zero-order valence-corrected chi connectivity index (χ0v) is 65.8. The summed E-state index contributed by atoms with van der Waals surface area (Å²) < 4.78 is 82.0. The number of aliphatic hydroxyl groups is 3. The molecule has 10 unspecified atom stereocenters. The summed E-state index contributed by atoms with van der Waals surface area (Å²) in [7, 11) is -5.41. The quantitative estimate of drug-likeness (QED) is 0.0191. The fraction of sp³-hybridized carbons (Fsp3) is 0.951. The van der Waals surface area contributed by atoms with E-state index in [1.165, 1.54) is 238 Å². The lowest BCUT2D eigenvalue weighted by molar-refractivity contribution is -0.374. The van der Waals surface area contributed by atoms with Crippen LogP contribution in [0.1, 0.15) is 426 Å². The van der Waals surface area contributed by atoms with Gasteiger partial charge in [-0.2, -0.15) is 8.42 Å². The highest BCUT2D eigenvalue weighted by Crippen LogP contribution is 2.34. The third kappa shape index (κ3) is 52.2. The van der Waals surface area contributed by atoms with Gasteiger partial charge < -0.3 is 48.5 Å². The second-order valence-electron chi connectivity index (χ2n) is 30.0. The van der Waals surface area contributed by atoms with Gasteiger partial charge in [-0.1, -0.05) is 374 Å². The first-order valence-corrected chi connectivity index (χ1v) is 43.9. The van der Waals surface area contributed by atoms with Crippen molar-refractivity contribution in [1.29, 1.82) is 0 Å². The average molecular weight is 1460 g/mol. The highest BCUT2D eigenvalue weighted by molar-refractivity contribution is 7.80. The fourth-order valence-corrected chi connectivity index (χ4v) is 14.5. The number of aliphatic hydroxyl groups excluding tert-OH is 3. The van der Waals surface area contributed by atoms with Crippen LogP contribution in [0.25, 0.3) is 0 Å². The van der Waals surface area contributed by atoms with Gasteiger partial charge in [0.1, 0.15) is 43.7 Å². The largest absolute Gasteiger partial charge is 0.463 e. The van der Waals surface area contributed by atoms with Crippen molar-refractivity contribution in [2.75, 3.05) is 13.2 Å². The Hall–Kier alpha value is -2.49. The molecule has 0 aromatic rings. The fourth-order valence-electron chi connectivity index (χ4n) is 14.1. The van der Waals surface area contributed by atoms with Crippen LogP contribution in [0.4, 0.5) is 0 Å². The van der Waals surface area contributed by atoms with Crippen molar-refractivity contribution in [1.82, 2.24) is 0 Å². The van der Waals surface area contributed by atoms with Gasteiger partial charge in [0.05, 0.1) is 0 Å². The molecule has 2 heterocycles. The van der Waals surface area contributed by atoms with E-state index in [2.05, 4.69) is 27.7 Å². The maximum atomic E-state index is 14.1. The molecule has 0 spiro atoms. The highest BCUT2D eigenvalue weighted by Gasteiger charge is 2.55. The van der Waals surface area contributed by atoms with Crippen LogP contribution < -0.4 is 0 Å². The van der Waals surface area contributed by atoms with E-state index in [4.69, 9.17) is 37.3 Å². The first-order chi connectivity index (χ1) is 49.1. The Bertz CT molecular complexity index is 2050. The minimum atomic E-state index is -5.41. The third-order valence-electron chi connectivity index (χ3n) is 20.6. The number of esters is 4. The molecule has 0 aromatic heterocycles. The molecule has 18 nitrogen and oxygen atoms in total. The van der Waals surface area contributed by atoms with Crippen molar-refractivity contribution in [3.8, 4) is 0 Å². The Labute approximate surface area is 616 Å². The zero-order valence-electron chi connectivity index (χ0n) is 64.9. The van der Waals surface area contributed by atoms with Gasteiger partial charge in [-0.25, -0.2) is 4.18 Å². The maximum Gasteiger partial charge on any atom is 0.397 e. The number of ether oxygens (including phenoxy) is 7. The molecule has 2 fully saturated rings. The van der Waals surface area contributed by atoms with Crippen LogP contribution in [-0.2, 0) is 66.9 Å². The maximum absolute atomic E-state index is 14.1. The molecule has 0 saturated carbocycles. The van der Waals surface area contributed by atoms with E-state index in [0.29, 0.717) is 25.7 Å². The topological polar surface area (TPSA) is 257 Å². The summed E-state index contributed by atoms with van der Waals surface area (Å²) in [6, 6.07) is 0. The summed E-state index contributed by atoms with van der Waals surface area (Å²) in [4.78, 5) is 54.6. The monoisotopic (exact) mass is 1460 g/mol. The molecule has 0 bridgehead atoms. The molecule has 0 aromatic carbocycles. The molecule has 19 heteroatoms. The van der Waals surface area contributed by atoms with Crippen molar-refractivity contribution in [3.05, 3.63) is 0 Å². The molecular formula is C82H154O18S. The molecule has 4 N–H and O–H groups in total. The first-order valence-electron chi connectivity index (χ1n) is 42.5. The minimum absolute atomic E-state index is 0.0354. The Morgan fingerprint density at radius 1 is 0.287 bits per heavy atom. The number of carbonyl (C=O) groups is 4. The number of rotatable bonds is 72. The van der Waals surface area contributed by atoms with Gasteiger partial charge in [-0.05, 0) is 25.7 Å². The smallest absolute Gasteiger partial charge is 0.397 e. The van der Waals surface area contributed by atoms with Crippen LogP contribution >= 0.6 is 0 Å². The zero-order chi connectivity index (χ0) is 73.5. The molecule has 2 aliphatic heterocycles. The van der Waals surface area contributed by atoms with E-state index in [-0.39, 0.29) is 25.7 Å². The summed E-state index contributed by atoms with van der Waals surface area (Å²) in [6.07, 6.45) is 47.5. The summed E-state index contributed by atoms with van der Waals surface area (Å²) in [6.45, 7) is 7.76. The van der Waals surface area contributed by atoms with Crippen LogP contribution in [0.5, 0.6) is 0 Å². The van der Waals surface area contributed by atoms with Gasteiger partial charge >= 0.3 is 34.3 Å². The molecule has 101 heavy (non-hydrogen) atoms. The van der Waals surface area contributed by atoms with E-state index in [0.717, 1.165) is 109 Å². The summed E-state index contributed by atoms with van der Waals surface area (Å²) in [5.74, 6) is -2.61. The summed E-state index contributed by atoms with van der Waals surface area (Å²) in [5, 5.41) is 35.1. The SMILES string of the molecule is CCCCCCCCCCCCCCCCCC(=O)OCC1OC(OC2OC(COC(=O)CCCCCCCCCCCCCCCCC)C(O)C(OC(=O)CCCCCCCCCCCCCCCCC)C2OC(=O)CCCCCCCCCCCCCCC)C(OS(=O)(=O)O)C(O)C1O. The van der Waals surface area contributed by atoms with Gasteiger partial charge in [0.15, 0.2) is 24.6 Å². The third-order valence-corrected chi connectivity index (χ3v) is 21.0. The molecule has 2 rings (SSSR count). The molecule has 2 saturated heterocycles. The number of hydrogen-bond acceptors (Lipinski definition) is 17. The average Bonchev–Trinajstić information content (AvgIpc) is 0.779. The summed E-state index contributed by atoms with van der Waals surface area (Å²) >= 11 is 0. The number of carbonyl (C=O) groups excluding carboxylic acids is 4. The van der Waals surface area contributed by atoms with E-state index in [9.17, 15) is 47.5 Å². The summed E-state index contributed by atoms with van der Waals surface area (Å²) in [5.41, 5.74) is 0. The van der Waals surface area contributed by atoms with Crippen LogP contribution in [0.2, 0.25) is 0 Å². The van der Waals surface area contributed by atoms with Crippen LogP contribution in [0.15, 0.2) is 0 Å². The Morgan fingerprint density at radius 3 is 0.762 bits per heavy atom. The van der Waals surface area contributed by atoms with E-state index in [1.54, 1.807) is 0 Å². The second kappa shape index (κ2) is 65.8. The number of unbranched alkanes of at least 4 members (excludes halogenated alkanes) is 54. The first kappa shape index (κ1) is 94.6. The molecular weight excluding hydrogens is 1300 g/mol. The molecule has 0 amide bonds. The second-order valence-corrected chi connectivity index (χ2v) is 31.1. The van der Waals surface area contributed by atoms with E-state index < -0.39 is 109 Å². The molecule has 0 aliphatic carbocycles. The molecule has 10 atom stereocenters. The normalized spacial score (nSPS) is 20.9. The van der Waals surface area contributed by atoms with Crippen molar-refractivity contribution in [2.45, 2.75) is 487 Å². The van der Waals surface area contributed by atoms with Gasteiger partial charge in [0, 0.05) is 25.7 Å². The van der Waals surface area contributed by atoms with E-state index >= 15 is 0 Å². The lowest BCUT2D eigenvalue weighted by Gasteiger charge is -2.46. The molecule has 2 aliphatic rings. The molecule has 0 radical (unpaired) electrons. The van der Waals surface area contributed by atoms with Crippen LogP contribution in [0, 0.1) is 0 Å². The van der Waals surface area contributed by atoms with Gasteiger partial charge in [-0.15, -0.1) is 0 Å². The predicted octanol–water partition coefficient (Wildman–Crippen LogP) is 20.9. The van der Waals surface area contributed by atoms with Gasteiger partial charge in [-0.3, -0.25) is 23.7 Å². The lowest BCUT2D eigenvalue weighted by Crippen LogP contribution is -2.65. The highest BCUT2D eigenvalue weighted by atomic mass is 32.3. The predicted molar refractivity (Wildman–Crippen MR) is 403 cm³/mol. The standard InChI is InChI=1S/C82H154O18S/c1-5-9-13-17-21-25-29-33-36-40-43-47-51-55-59-63-71(83)93-67-69-75(87)77(89)79(100-101(90,91)92)81(95-69)99-82-80(98-74(86)66-62-58-54-50-45-39-32-28-24-20-16-12-8-4)78(97-73(85)65-61-57-53-49-46-42-38-35-31-27-23-19-15-11-7-3)76(88)70(96-82)68-94-72(84)64-60-56-52-48-44-41-37-34-30-26-22-18-14-10-6-2/h69-70,75-82,87-89H,5-68H2,1-4H3,(H,90,91,92). The Kier molecular flexibility index (Phi) is 61.6. The Morgan fingerprint density at radius 2 is 0.505 bits per heavy atom. The number of hydrogen-bond donors (Lipinski definition) is 4. The van der Waals surface area contributed by atoms with Crippen molar-refractivity contribution < 1.29 is 84.8 Å². The van der Waals surface area contributed by atoms with Crippen molar-refractivity contribution >= 4 is 34.3 Å². The van der Waals surface area contributed by atoms with Crippen molar-refractivity contribution in [2.24, 2.45) is 0 Å². The lowest BCUT2D eigenvalue weighted by atomic mass is 9.97. The van der Waals surface area contributed by atoms with E-state index in [1.807, 2.05) is 0 Å². The van der Waals surface area contributed by atoms with Crippen LogP contribution in [-0.4, -0.2) is 127 Å². The van der Waals surface area contributed by atoms with Crippen LogP contribution in [0.3, 0.4) is 0 Å². The minimum Gasteiger partial charge on any atom is -0.463 e.